The zero-order valence-electron chi connectivity index (χ0n) is 16.9. The molecule has 0 spiro atoms. The van der Waals surface area contributed by atoms with Gasteiger partial charge in [0.1, 0.15) is 0 Å². The van der Waals surface area contributed by atoms with E-state index in [-0.39, 0.29) is 17.5 Å². The lowest BCUT2D eigenvalue weighted by molar-refractivity contribution is -0.119. The van der Waals surface area contributed by atoms with Crippen molar-refractivity contribution in [2.24, 2.45) is 0 Å². The molecule has 0 radical (unpaired) electrons. The average Bonchev–Trinajstić information content (AvgIpc) is 2.68. The summed E-state index contributed by atoms with van der Waals surface area (Å²) in [7, 11) is 0. The standard InChI is InChI=1S/C24H32N2O/c1-4-23(27)26(21-13-9-6-10-14-21)22-16-18-25(24(2,3)19-22)17-15-20-11-7-5-8-12-20/h5-14,22H,4,15-19H2,1-3H3/t22-/m0/s1. The second-order valence-corrected chi connectivity index (χ2v) is 8.13. The molecule has 0 unspecified atom stereocenters. The van der Waals surface area contributed by atoms with Gasteiger partial charge in [-0.2, -0.15) is 0 Å². The van der Waals surface area contributed by atoms with E-state index in [0.29, 0.717) is 6.42 Å². The molecule has 1 saturated heterocycles. The van der Waals surface area contributed by atoms with Gasteiger partial charge in [-0.05, 0) is 50.8 Å². The first-order valence-corrected chi connectivity index (χ1v) is 10.2. The fraction of sp³-hybridized carbons (Fsp3) is 0.458. The molecular weight excluding hydrogens is 332 g/mol. The number of hydrogen-bond acceptors (Lipinski definition) is 2. The van der Waals surface area contributed by atoms with Gasteiger partial charge in [0, 0.05) is 36.8 Å². The summed E-state index contributed by atoms with van der Waals surface area (Å²) in [5, 5.41) is 0. The molecule has 1 fully saturated rings. The Labute approximate surface area is 164 Å². The quantitative estimate of drug-likeness (QED) is 0.727. The third-order valence-corrected chi connectivity index (χ3v) is 5.81. The largest absolute Gasteiger partial charge is 0.309 e. The highest BCUT2D eigenvalue weighted by atomic mass is 16.2. The van der Waals surface area contributed by atoms with Crippen molar-refractivity contribution in [3.05, 3.63) is 66.2 Å². The zero-order valence-corrected chi connectivity index (χ0v) is 16.9. The number of likely N-dealkylation sites (tertiary alicyclic amines) is 1. The van der Waals surface area contributed by atoms with Crippen molar-refractivity contribution >= 4 is 11.6 Å². The van der Waals surface area contributed by atoms with E-state index in [2.05, 4.69) is 66.1 Å². The highest BCUT2D eigenvalue weighted by Crippen LogP contribution is 2.33. The number of anilines is 1. The number of rotatable bonds is 6. The van der Waals surface area contributed by atoms with Crippen LogP contribution >= 0.6 is 0 Å². The molecular formula is C24H32N2O. The van der Waals surface area contributed by atoms with Crippen LogP contribution in [0, 0.1) is 0 Å². The minimum atomic E-state index is 0.0821. The van der Waals surface area contributed by atoms with Crippen molar-refractivity contribution in [1.29, 1.82) is 0 Å². The number of piperidine rings is 1. The fourth-order valence-electron chi connectivity index (χ4n) is 4.28. The van der Waals surface area contributed by atoms with Crippen molar-refractivity contribution in [2.45, 2.75) is 58.0 Å². The van der Waals surface area contributed by atoms with Crippen LogP contribution in [0.15, 0.2) is 60.7 Å². The Bertz CT molecular complexity index is 727. The molecule has 1 heterocycles. The molecule has 0 aliphatic carbocycles. The van der Waals surface area contributed by atoms with Gasteiger partial charge in [0.25, 0.3) is 0 Å². The van der Waals surface area contributed by atoms with E-state index in [4.69, 9.17) is 0 Å². The van der Waals surface area contributed by atoms with Crippen LogP contribution in [0.5, 0.6) is 0 Å². The van der Waals surface area contributed by atoms with Gasteiger partial charge in [-0.15, -0.1) is 0 Å². The van der Waals surface area contributed by atoms with Crippen LogP contribution in [0.1, 0.15) is 45.6 Å². The van der Waals surface area contributed by atoms with Crippen molar-refractivity contribution in [2.75, 3.05) is 18.0 Å². The molecule has 3 rings (SSSR count). The maximum atomic E-state index is 12.7. The maximum absolute atomic E-state index is 12.7. The lowest BCUT2D eigenvalue weighted by Gasteiger charge is -2.48. The first-order valence-electron chi connectivity index (χ1n) is 10.2. The van der Waals surface area contributed by atoms with Gasteiger partial charge < -0.3 is 4.90 Å². The topological polar surface area (TPSA) is 23.6 Å². The van der Waals surface area contributed by atoms with Crippen LogP contribution in [-0.4, -0.2) is 35.5 Å². The Morgan fingerprint density at radius 1 is 1.07 bits per heavy atom. The van der Waals surface area contributed by atoms with E-state index in [1.807, 2.05) is 25.1 Å². The summed E-state index contributed by atoms with van der Waals surface area (Å²) < 4.78 is 0. The lowest BCUT2D eigenvalue weighted by atomic mass is 9.85. The molecule has 1 amide bonds. The van der Waals surface area contributed by atoms with E-state index in [0.717, 1.165) is 38.0 Å². The Morgan fingerprint density at radius 2 is 1.70 bits per heavy atom. The van der Waals surface area contributed by atoms with Crippen LogP contribution in [0.2, 0.25) is 0 Å². The normalized spacial score (nSPS) is 19.6. The van der Waals surface area contributed by atoms with Gasteiger partial charge in [0.05, 0.1) is 0 Å². The van der Waals surface area contributed by atoms with E-state index in [1.54, 1.807) is 0 Å². The molecule has 3 heteroatoms. The smallest absolute Gasteiger partial charge is 0.226 e. The molecule has 1 aliphatic heterocycles. The van der Waals surface area contributed by atoms with Crippen LogP contribution in [0.4, 0.5) is 5.69 Å². The highest BCUT2D eigenvalue weighted by molar-refractivity contribution is 5.93. The summed E-state index contributed by atoms with van der Waals surface area (Å²) in [6.45, 7) is 8.70. The van der Waals surface area contributed by atoms with E-state index in [9.17, 15) is 4.79 Å². The van der Waals surface area contributed by atoms with Crippen molar-refractivity contribution in [3.8, 4) is 0 Å². The summed E-state index contributed by atoms with van der Waals surface area (Å²) in [6, 6.07) is 21.1. The predicted octanol–water partition coefficient (Wildman–Crippen LogP) is 4.92. The summed E-state index contributed by atoms with van der Waals surface area (Å²) in [5.41, 5.74) is 2.50. The molecule has 2 aromatic rings. The monoisotopic (exact) mass is 364 g/mol. The number of hydrogen-bond donors (Lipinski definition) is 0. The van der Waals surface area contributed by atoms with Gasteiger partial charge in [-0.25, -0.2) is 0 Å². The third kappa shape index (κ3) is 4.78. The number of amides is 1. The molecule has 0 bridgehead atoms. The highest BCUT2D eigenvalue weighted by Gasteiger charge is 2.38. The Morgan fingerprint density at radius 3 is 2.30 bits per heavy atom. The molecule has 0 N–H and O–H groups in total. The molecule has 1 atom stereocenters. The third-order valence-electron chi connectivity index (χ3n) is 5.81. The minimum Gasteiger partial charge on any atom is -0.309 e. The van der Waals surface area contributed by atoms with Crippen molar-refractivity contribution in [1.82, 2.24) is 4.90 Å². The number of nitrogens with zero attached hydrogens (tertiary/aromatic N) is 2. The average molecular weight is 365 g/mol. The van der Waals surface area contributed by atoms with Gasteiger partial charge in [-0.3, -0.25) is 9.69 Å². The molecule has 0 saturated carbocycles. The molecule has 0 aromatic heterocycles. The molecule has 27 heavy (non-hydrogen) atoms. The second kappa shape index (κ2) is 8.71. The van der Waals surface area contributed by atoms with Gasteiger partial charge in [0.15, 0.2) is 0 Å². The summed E-state index contributed by atoms with van der Waals surface area (Å²) >= 11 is 0. The second-order valence-electron chi connectivity index (χ2n) is 8.13. The first-order chi connectivity index (χ1) is 13.0. The first kappa shape index (κ1) is 19.6. The Balaban J connectivity index is 1.70. The summed E-state index contributed by atoms with van der Waals surface area (Å²) in [4.78, 5) is 17.4. The van der Waals surface area contributed by atoms with E-state index < -0.39 is 0 Å². The van der Waals surface area contributed by atoms with E-state index in [1.165, 1.54) is 5.56 Å². The number of carbonyl (C=O) groups excluding carboxylic acids is 1. The molecule has 1 aliphatic rings. The number of para-hydroxylation sites is 1. The van der Waals surface area contributed by atoms with E-state index >= 15 is 0 Å². The maximum Gasteiger partial charge on any atom is 0.226 e. The Kier molecular flexibility index (Phi) is 6.33. The molecule has 2 aromatic carbocycles. The van der Waals surface area contributed by atoms with Crippen molar-refractivity contribution in [3.63, 3.8) is 0 Å². The van der Waals surface area contributed by atoms with Gasteiger partial charge >= 0.3 is 0 Å². The zero-order chi connectivity index (χ0) is 19.3. The number of carbonyl (C=O) groups is 1. The predicted molar refractivity (Wildman–Crippen MR) is 113 cm³/mol. The van der Waals surface area contributed by atoms with Crippen LogP contribution in [0.3, 0.4) is 0 Å². The molecule has 144 valence electrons. The fourth-order valence-corrected chi connectivity index (χ4v) is 4.28. The molecule has 3 nitrogen and oxygen atoms in total. The van der Waals surface area contributed by atoms with Crippen LogP contribution in [-0.2, 0) is 11.2 Å². The SMILES string of the molecule is CCC(=O)N(c1ccccc1)[C@H]1CCN(CCc2ccccc2)C(C)(C)C1. The number of benzene rings is 2. The van der Waals surface area contributed by atoms with Gasteiger partial charge in [-0.1, -0.05) is 55.5 Å². The lowest BCUT2D eigenvalue weighted by Crippen LogP contribution is -2.57. The minimum absolute atomic E-state index is 0.0821. The summed E-state index contributed by atoms with van der Waals surface area (Å²) in [6.07, 6.45) is 3.65. The van der Waals surface area contributed by atoms with Crippen LogP contribution in [0.25, 0.3) is 0 Å². The Hall–Kier alpha value is -2.13. The van der Waals surface area contributed by atoms with Crippen molar-refractivity contribution < 1.29 is 4.79 Å². The van der Waals surface area contributed by atoms with Crippen LogP contribution < -0.4 is 4.90 Å². The van der Waals surface area contributed by atoms with Gasteiger partial charge in [0.2, 0.25) is 5.91 Å². The summed E-state index contributed by atoms with van der Waals surface area (Å²) in [5.74, 6) is 0.222.